The van der Waals surface area contributed by atoms with Crippen LogP contribution in [0.25, 0.3) is 0 Å². The van der Waals surface area contributed by atoms with Crippen LogP contribution in [0.5, 0.6) is 0 Å². The average Bonchev–Trinajstić information content (AvgIpc) is 2.63. The van der Waals surface area contributed by atoms with Gasteiger partial charge in [0.2, 0.25) is 0 Å². The van der Waals surface area contributed by atoms with Crippen molar-refractivity contribution in [3.63, 3.8) is 0 Å². The fourth-order valence-electron chi connectivity index (χ4n) is 2.18. The van der Waals surface area contributed by atoms with Crippen LogP contribution in [0.15, 0.2) is 42.5 Å². The molecule has 0 saturated carbocycles. The lowest BCUT2D eigenvalue weighted by molar-refractivity contribution is -0.167. The van der Waals surface area contributed by atoms with Crippen molar-refractivity contribution in [1.29, 1.82) is 0 Å². The van der Waals surface area contributed by atoms with E-state index >= 15 is 0 Å². The van der Waals surface area contributed by atoms with E-state index in [0.29, 0.717) is 5.69 Å². The number of anilines is 2. The minimum absolute atomic E-state index is 0.0181. The molecule has 28 heavy (non-hydrogen) atoms. The highest BCUT2D eigenvalue weighted by atomic mass is 19.4. The van der Waals surface area contributed by atoms with E-state index in [1.807, 2.05) is 19.9 Å². The zero-order valence-electron chi connectivity index (χ0n) is 15.0. The Morgan fingerprint density at radius 3 is 2.21 bits per heavy atom. The molecule has 2 rings (SSSR count). The summed E-state index contributed by atoms with van der Waals surface area (Å²) in [5.41, 5.74) is 2.37. The van der Waals surface area contributed by atoms with Gasteiger partial charge in [0.05, 0.1) is 5.56 Å². The van der Waals surface area contributed by atoms with Crippen LogP contribution in [-0.4, -0.2) is 30.6 Å². The van der Waals surface area contributed by atoms with Gasteiger partial charge < -0.3 is 15.4 Å². The molecule has 0 bridgehead atoms. The lowest BCUT2D eigenvalue weighted by atomic mass is 10.1. The number of halogens is 3. The van der Waals surface area contributed by atoms with Crippen molar-refractivity contribution in [2.75, 3.05) is 17.2 Å². The first-order valence-electron chi connectivity index (χ1n) is 8.09. The number of nitrogens with one attached hydrogen (secondary N) is 2. The number of ether oxygens (including phenoxy) is 1. The van der Waals surface area contributed by atoms with Gasteiger partial charge in [-0.1, -0.05) is 12.1 Å². The zero-order valence-corrected chi connectivity index (χ0v) is 15.0. The van der Waals surface area contributed by atoms with Crippen molar-refractivity contribution >= 4 is 29.2 Å². The number of amides is 2. The molecule has 148 valence electrons. The number of rotatable bonds is 5. The molecule has 2 N–H and O–H groups in total. The van der Waals surface area contributed by atoms with E-state index < -0.39 is 30.6 Å². The molecule has 0 spiro atoms. The Morgan fingerprint density at radius 1 is 0.964 bits per heavy atom. The summed E-state index contributed by atoms with van der Waals surface area (Å²) in [6.07, 6.45) is -5.01. The molecule has 0 unspecified atom stereocenters. The Bertz CT molecular complexity index is 893. The first-order valence-corrected chi connectivity index (χ1v) is 8.09. The molecule has 0 heterocycles. The maximum Gasteiger partial charge on any atom is 0.471 e. The number of carbonyl (C=O) groups excluding carboxylic acids is 3. The number of aryl methyl sites for hydroxylation is 1. The lowest BCUT2D eigenvalue weighted by Crippen LogP contribution is -2.29. The number of hydrogen-bond donors (Lipinski definition) is 2. The third-order valence-electron chi connectivity index (χ3n) is 3.85. The summed E-state index contributed by atoms with van der Waals surface area (Å²) in [5, 5.41) is 4.29. The highest BCUT2D eigenvalue weighted by Gasteiger charge is 2.38. The van der Waals surface area contributed by atoms with Crippen LogP contribution < -0.4 is 10.6 Å². The molecule has 9 heteroatoms. The summed E-state index contributed by atoms with van der Waals surface area (Å²) in [7, 11) is 0. The molecule has 0 fully saturated rings. The fourth-order valence-corrected chi connectivity index (χ4v) is 2.18. The summed E-state index contributed by atoms with van der Waals surface area (Å²) in [6.45, 7) is 3.21. The standard InChI is InChI=1S/C19H17F3N2O4/c1-11-4-3-5-15(12(11)2)24-16(25)10-28-17(26)13-6-8-14(9-7-13)23-18(27)19(20,21)22/h3-9H,10H2,1-2H3,(H,23,27)(H,24,25). The predicted molar refractivity (Wildman–Crippen MR) is 96.0 cm³/mol. The summed E-state index contributed by atoms with van der Waals surface area (Å²) in [5.74, 6) is -3.48. The van der Waals surface area contributed by atoms with Gasteiger partial charge in [0.1, 0.15) is 0 Å². The highest BCUT2D eigenvalue weighted by molar-refractivity contribution is 5.97. The molecule has 0 aliphatic heterocycles. The van der Waals surface area contributed by atoms with Crippen LogP contribution in [0.1, 0.15) is 21.5 Å². The highest BCUT2D eigenvalue weighted by Crippen LogP contribution is 2.19. The Morgan fingerprint density at radius 2 is 1.61 bits per heavy atom. The molecule has 0 saturated heterocycles. The van der Waals surface area contributed by atoms with Crippen molar-refractivity contribution in [2.24, 2.45) is 0 Å². The number of benzene rings is 2. The molecule has 2 amide bonds. The smallest absolute Gasteiger partial charge is 0.452 e. The van der Waals surface area contributed by atoms with Crippen molar-refractivity contribution in [3.8, 4) is 0 Å². The Balaban J connectivity index is 1.90. The third kappa shape index (κ3) is 5.57. The molecule has 0 aromatic heterocycles. The Labute approximate surface area is 158 Å². The van der Waals surface area contributed by atoms with Gasteiger partial charge in [-0.15, -0.1) is 0 Å². The molecule has 0 aliphatic rings. The van der Waals surface area contributed by atoms with Gasteiger partial charge in [-0.25, -0.2) is 4.79 Å². The number of esters is 1. The number of hydrogen-bond acceptors (Lipinski definition) is 4. The first-order chi connectivity index (χ1) is 13.1. The van der Waals surface area contributed by atoms with Crippen molar-refractivity contribution in [1.82, 2.24) is 0 Å². The van der Waals surface area contributed by atoms with E-state index in [0.717, 1.165) is 23.3 Å². The minimum atomic E-state index is -5.01. The van der Waals surface area contributed by atoms with Gasteiger partial charge in [-0.05, 0) is 55.3 Å². The van der Waals surface area contributed by atoms with E-state index in [4.69, 9.17) is 4.74 Å². The second kappa shape index (κ2) is 8.55. The van der Waals surface area contributed by atoms with Gasteiger partial charge in [0.25, 0.3) is 5.91 Å². The summed E-state index contributed by atoms with van der Waals surface area (Å²) < 4.78 is 41.5. The van der Waals surface area contributed by atoms with E-state index in [2.05, 4.69) is 5.32 Å². The van der Waals surface area contributed by atoms with Crippen molar-refractivity contribution < 1.29 is 32.3 Å². The quantitative estimate of drug-likeness (QED) is 0.759. The molecule has 2 aromatic carbocycles. The fraction of sp³-hybridized carbons (Fsp3) is 0.211. The topological polar surface area (TPSA) is 84.5 Å². The minimum Gasteiger partial charge on any atom is -0.452 e. The second-order valence-electron chi connectivity index (χ2n) is 5.90. The van der Waals surface area contributed by atoms with Gasteiger partial charge in [0, 0.05) is 11.4 Å². The molecule has 2 aromatic rings. The number of carbonyl (C=O) groups is 3. The van der Waals surface area contributed by atoms with Crippen LogP contribution in [-0.2, 0) is 14.3 Å². The molecule has 0 aliphatic carbocycles. The van der Waals surface area contributed by atoms with Crippen LogP contribution in [0.4, 0.5) is 24.5 Å². The maximum absolute atomic E-state index is 12.2. The Kier molecular flexibility index (Phi) is 6.40. The van der Waals surface area contributed by atoms with Gasteiger partial charge in [0.15, 0.2) is 6.61 Å². The molecular weight excluding hydrogens is 377 g/mol. The lowest BCUT2D eigenvalue weighted by Gasteiger charge is -2.11. The number of alkyl halides is 3. The van der Waals surface area contributed by atoms with Gasteiger partial charge >= 0.3 is 18.1 Å². The Hall–Kier alpha value is -3.36. The van der Waals surface area contributed by atoms with E-state index in [9.17, 15) is 27.6 Å². The first kappa shape index (κ1) is 20.9. The van der Waals surface area contributed by atoms with E-state index in [1.54, 1.807) is 17.4 Å². The van der Waals surface area contributed by atoms with Crippen LogP contribution in [0.2, 0.25) is 0 Å². The maximum atomic E-state index is 12.2. The van der Waals surface area contributed by atoms with Crippen LogP contribution in [0.3, 0.4) is 0 Å². The van der Waals surface area contributed by atoms with E-state index in [1.165, 1.54) is 12.1 Å². The average molecular weight is 394 g/mol. The molecule has 0 radical (unpaired) electrons. The monoisotopic (exact) mass is 394 g/mol. The third-order valence-corrected chi connectivity index (χ3v) is 3.85. The van der Waals surface area contributed by atoms with Gasteiger partial charge in [-0.2, -0.15) is 13.2 Å². The summed E-state index contributed by atoms with van der Waals surface area (Å²) >= 11 is 0. The molecular formula is C19H17F3N2O4. The normalized spacial score (nSPS) is 10.9. The second-order valence-corrected chi connectivity index (χ2v) is 5.90. The molecule has 0 atom stereocenters. The SMILES string of the molecule is Cc1cccc(NC(=O)COC(=O)c2ccc(NC(=O)C(F)(F)F)cc2)c1C. The molecule has 6 nitrogen and oxygen atoms in total. The van der Waals surface area contributed by atoms with Gasteiger partial charge in [-0.3, -0.25) is 9.59 Å². The van der Waals surface area contributed by atoms with Crippen molar-refractivity contribution in [3.05, 3.63) is 59.2 Å². The summed E-state index contributed by atoms with van der Waals surface area (Å²) in [6, 6.07) is 9.99. The zero-order chi connectivity index (χ0) is 20.9. The summed E-state index contributed by atoms with van der Waals surface area (Å²) in [4.78, 5) is 34.7. The van der Waals surface area contributed by atoms with Crippen molar-refractivity contribution in [2.45, 2.75) is 20.0 Å². The van der Waals surface area contributed by atoms with Crippen LogP contribution >= 0.6 is 0 Å². The largest absolute Gasteiger partial charge is 0.471 e. The van der Waals surface area contributed by atoms with Crippen LogP contribution in [0, 0.1) is 13.8 Å². The van der Waals surface area contributed by atoms with E-state index in [-0.39, 0.29) is 11.3 Å². The predicted octanol–water partition coefficient (Wildman–Crippen LogP) is 3.60.